The van der Waals surface area contributed by atoms with E-state index < -0.39 is 0 Å². The second-order valence-electron chi connectivity index (χ2n) is 5.27. The molecule has 6 heteroatoms. The molecule has 0 unspecified atom stereocenters. The minimum Gasteiger partial charge on any atom is -0.493 e. The summed E-state index contributed by atoms with van der Waals surface area (Å²) in [6.07, 6.45) is 2.49. The van der Waals surface area contributed by atoms with Gasteiger partial charge in [0.1, 0.15) is 0 Å². The van der Waals surface area contributed by atoms with Crippen molar-refractivity contribution in [2.24, 2.45) is 5.10 Å². The van der Waals surface area contributed by atoms with E-state index in [-0.39, 0.29) is 12.5 Å². The maximum atomic E-state index is 11.8. The van der Waals surface area contributed by atoms with Crippen molar-refractivity contribution in [3.05, 3.63) is 54.1 Å². The molecule has 6 nitrogen and oxygen atoms in total. The summed E-state index contributed by atoms with van der Waals surface area (Å²) in [4.78, 5) is 11.8. The van der Waals surface area contributed by atoms with Gasteiger partial charge in [0, 0.05) is 5.69 Å². The van der Waals surface area contributed by atoms with Crippen LogP contribution in [-0.2, 0) is 4.79 Å². The molecule has 25 heavy (non-hydrogen) atoms. The summed E-state index contributed by atoms with van der Waals surface area (Å²) in [5, 5.41) is 6.98. The first-order valence-electron chi connectivity index (χ1n) is 8.14. The Balaban J connectivity index is 1.85. The van der Waals surface area contributed by atoms with Crippen LogP contribution in [0.25, 0.3) is 0 Å². The number of amides is 1. The highest BCUT2D eigenvalue weighted by molar-refractivity contribution is 5.84. The zero-order valence-corrected chi connectivity index (χ0v) is 14.5. The number of anilines is 1. The van der Waals surface area contributed by atoms with E-state index in [4.69, 9.17) is 9.47 Å². The molecule has 0 radical (unpaired) electrons. The average Bonchev–Trinajstić information content (AvgIpc) is 2.66. The Hall–Kier alpha value is -3.02. The predicted molar refractivity (Wildman–Crippen MR) is 99.4 cm³/mol. The molecular formula is C19H23N3O3. The van der Waals surface area contributed by atoms with Gasteiger partial charge in [-0.25, -0.2) is 5.43 Å². The maximum absolute atomic E-state index is 11.8. The van der Waals surface area contributed by atoms with Crippen LogP contribution in [0.1, 0.15) is 18.9 Å². The molecule has 2 aromatic carbocycles. The number of para-hydroxylation sites is 1. The van der Waals surface area contributed by atoms with E-state index in [0.29, 0.717) is 18.1 Å². The molecule has 0 bridgehead atoms. The molecule has 2 N–H and O–H groups in total. The van der Waals surface area contributed by atoms with Crippen LogP contribution in [0, 0.1) is 0 Å². The normalized spacial score (nSPS) is 10.5. The first-order chi connectivity index (χ1) is 12.2. The van der Waals surface area contributed by atoms with Gasteiger partial charge >= 0.3 is 0 Å². The third kappa shape index (κ3) is 6.18. The van der Waals surface area contributed by atoms with Crippen molar-refractivity contribution < 1.29 is 14.3 Å². The third-order valence-corrected chi connectivity index (χ3v) is 3.28. The van der Waals surface area contributed by atoms with Crippen LogP contribution in [0.5, 0.6) is 11.5 Å². The highest BCUT2D eigenvalue weighted by Gasteiger charge is 2.05. The van der Waals surface area contributed by atoms with Crippen molar-refractivity contribution in [3.8, 4) is 11.5 Å². The summed E-state index contributed by atoms with van der Waals surface area (Å²) in [6, 6.07) is 15.0. The fraction of sp³-hybridized carbons (Fsp3) is 0.263. The van der Waals surface area contributed by atoms with E-state index in [0.717, 1.165) is 17.7 Å². The van der Waals surface area contributed by atoms with Gasteiger partial charge < -0.3 is 14.8 Å². The van der Waals surface area contributed by atoms with Gasteiger partial charge in [-0.3, -0.25) is 4.79 Å². The molecule has 0 spiro atoms. The number of carbonyl (C=O) groups is 1. The maximum Gasteiger partial charge on any atom is 0.259 e. The van der Waals surface area contributed by atoms with Gasteiger partial charge in [0.05, 0.1) is 26.5 Å². The highest BCUT2D eigenvalue weighted by atomic mass is 16.5. The number of benzene rings is 2. The van der Waals surface area contributed by atoms with Crippen molar-refractivity contribution in [3.63, 3.8) is 0 Å². The standard InChI is InChI=1S/C19H23N3O3/c1-3-11-25-17-10-9-15(12-18(17)24-2)13-21-22-19(23)14-20-16-7-5-4-6-8-16/h4-10,12-13,20H,3,11,14H2,1-2H3,(H,22,23)/b21-13+. The van der Waals surface area contributed by atoms with Gasteiger partial charge in [0.25, 0.3) is 5.91 Å². The first-order valence-corrected chi connectivity index (χ1v) is 8.14. The van der Waals surface area contributed by atoms with E-state index in [1.165, 1.54) is 0 Å². The molecule has 0 atom stereocenters. The molecule has 0 aliphatic rings. The summed E-state index contributed by atoms with van der Waals surface area (Å²) < 4.78 is 10.9. The van der Waals surface area contributed by atoms with E-state index in [1.807, 2.05) is 55.5 Å². The Morgan fingerprint density at radius 2 is 1.96 bits per heavy atom. The van der Waals surface area contributed by atoms with Crippen LogP contribution >= 0.6 is 0 Å². The smallest absolute Gasteiger partial charge is 0.259 e. The lowest BCUT2D eigenvalue weighted by Crippen LogP contribution is -2.25. The minimum atomic E-state index is -0.227. The van der Waals surface area contributed by atoms with Crippen LogP contribution in [0.4, 0.5) is 5.69 Å². The number of hydrogen-bond donors (Lipinski definition) is 2. The Labute approximate surface area is 147 Å². The minimum absolute atomic E-state index is 0.147. The molecule has 132 valence electrons. The number of nitrogens with one attached hydrogen (secondary N) is 2. The molecule has 0 heterocycles. The van der Waals surface area contributed by atoms with Gasteiger partial charge in [-0.2, -0.15) is 5.10 Å². The van der Waals surface area contributed by atoms with Crippen molar-refractivity contribution in [1.82, 2.24) is 5.43 Å². The van der Waals surface area contributed by atoms with Crippen LogP contribution in [0.3, 0.4) is 0 Å². The van der Waals surface area contributed by atoms with Crippen molar-refractivity contribution >= 4 is 17.8 Å². The summed E-state index contributed by atoms with van der Waals surface area (Å²) in [5.41, 5.74) is 4.17. The zero-order valence-electron chi connectivity index (χ0n) is 14.5. The molecule has 2 rings (SSSR count). The Morgan fingerprint density at radius 3 is 2.68 bits per heavy atom. The predicted octanol–water partition coefficient (Wildman–Crippen LogP) is 3.05. The summed E-state index contributed by atoms with van der Waals surface area (Å²) in [7, 11) is 1.59. The lowest BCUT2D eigenvalue weighted by atomic mass is 10.2. The third-order valence-electron chi connectivity index (χ3n) is 3.28. The van der Waals surface area contributed by atoms with E-state index >= 15 is 0 Å². The van der Waals surface area contributed by atoms with E-state index in [9.17, 15) is 4.79 Å². The van der Waals surface area contributed by atoms with Crippen molar-refractivity contribution in [1.29, 1.82) is 0 Å². The number of rotatable bonds is 9. The molecule has 0 saturated carbocycles. The SMILES string of the molecule is CCCOc1ccc(/C=N/NC(=O)CNc2ccccc2)cc1OC. The molecule has 0 aliphatic carbocycles. The van der Waals surface area contributed by atoms with Crippen LogP contribution < -0.4 is 20.2 Å². The van der Waals surface area contributed by atoms with Crippen molar-refractivity contribution in [2.75, 3.05) is 25.6 Å². The second-order valence-corrected chi connectivity index (χ2v) is 5.27. The highest BCUT2D eigenvalue weighted by Crippen LogP contribution is 2.27. The molecular weight excluding hydrogens is 318 g/mol. The molecule has 2 aromatic rings. The largest absolute Gasteiger partial charge is 0.493 e. The Morgan fingerprint density at radius 1 is 1.16 bits per heavy atom. The molecule has 0 saturated heterocycles. The van der Waals surface area contributed by atoms with Crippen molar-refractivity contribution in [2.45, 2.75) is 13.3 Å². The summed E-state index contributed by atoms with van der Waals surface area (Å²) in [5.74, 6) is 1.10. The molecule has 0 fully saturated rings. The quantitative estimate of drug-likeness (QED) is 0.543. The van der Waals surface area contributed by atoms with Crippen LogP contribution in [0.15, 0.2) is 53.6 Å². The lowest BCUT2D eigenvalue weighted by Gasteiger charge is -2.10. The lowest BCUT2D eigenvalue weighted by molar-refractivity contribution is -0.119. The fourth-order valence-corrected chi connectivity index (χ4v) is 2.05. The van der Waals surface area contributed by atoms with E-state index in [2.05, 4.69) is 15.8 Å². The average molecular weight is 341 g/mol. The van der Waals surface area contributed by atoms with Gasteiger partial charge in [-0.05, 0) is 42.3 Å². The fourth-order valence-electron chi connectivity index (χ4n) is 2.05. The van der Waals surface area contributed by atoms with Gasteiger partial charge in [-0.1, -0.05) is 25.1 Å². The van der Waals surface area contributed by atoms with Crippen LogP contribution in [0.2, 0.25) is 0 Å². The molecule has 0 aromatic heterocycles. The Kier molecular flexibility index (Phi) is 7.31. The van der Waals surface area contributed by atoms with Gasteiger partial charge in [0.2, 0.25) is 0 Å². The van der Waals surface area contributed by atoms with E-state index in [1.54, 1.807) is 13.3 Å². The van der Waals surface area contributed by atoms with Gasteiger partial charge in [-0.15, -0.1) is 0 Å². The first kappa shape index (κ1) is 18.3. The molecule has 0 aliphatic heterocycles. The van der Waals surface area contributed by atoms with Gasteiger partial charge in [0.15, 0.2) is 11.5 Å². The summed E-state index contributed by atoms with van der Waals surface area (Å²) in [6.45, 7) is 2.82. The topological polar surface area (TPSA) is 72.0 Å². The second kappa shape index (κ2) is 9.97. The molecule has 1 amide bonds. The number of methoxy groups -OCH3 is 1. The Bertz CT molecular complexity index is 702. The number of nitrogens with zero attached hydrogens (tertiary/aromatic N) is 1. The van der Waals surface area contributed by atoms with Crippen LogP contribution in [-0.4, -0.2) is 32.4 Å². The number of hydrazone groups is 1. The number of hydrogen-bond acceptors (Lipinski definition) is 5. The monoisotopic (exact) mass is 341 g/mol. The zero-order chi connectivity index (χ0) is 17.9. The summed E-state index contributed by atoms with van der Waals surface area (Å²) >= 11 is 0. The number of ether oxygens (including phenoxy) is 2. The number of carbonyl (C=O) groups excluding carboxylic acids is 1.